The minimum absolute atomic E-state index is 1.05. The van der Waals surface area contributed by atoms with Crippen LogP contribution in [0.25, 0.3) is 10.9 Å². The first-order valence-corrected chi connectivity index (χ1v) is 8.49. The average molecular weight is 284 g/mol. The third kappa shape index (κ3) is 5.74. The molecule has 0 unspecified atom stereocenters. The highest BCUT2D eigenvalue weighted by molar-refractivity contribution is 5.81. The molecule has 21 heavy (non-hydrogen) atoms. The highest BCUT2D eigenvalue weighted by Crippen LogP contribution is 2.16. The van der Waals surface area contributed by atoms with Crippen molar-refractivity contribution in [1.29, 1.82) is 0 Å². The van der Waals surface area contributed by atoms with Gasteiger partial charge in [-0.1, -0.05) is 70.1 Å². The molecule has 2 heteroatoms. The normalized spacial score (nSPS) is 10.9. The Morgan fingerprint density at radius 2 is 1.62 bits per heavy atom. The second-order valence-corrected chi connectivity index (χ2v) is 5.82. The molecule has 0 aliphatic rings. The van der Waals surface area contributed by atoms with Crippen LogP contribution in [0.5, 0.6) is 0 Å². The van der Waals surface area contributed by atoms with E-state index in [2.05, 4.69) is 41.5 Å². The molecule has 1 N–H and O–H groups in total. The van der Waals surface area contributed by atoms with Crippen LogP contribution < -0.4 is 5.32 Å². The van der Waals surface area contributed by atoms with E-state index in [4.69, 9.17) is 0 Å². The van der Waals surface area contributed by atoms with Crippen LogP contribution in [0.2, 0.25) is 0 Å². The molecule has 0 fully saturated rings. The molecule has 0 saturated carbocycles. The van der Waals surface area contributed by atoms with Gasteiger partial charge in [0, 0.05) is 11.9 Å². The van der Waals surface area contributed by atoms with Crippen LogP contribution in [-0.2, 0) is 0 Å². The van der Waals surface area contributed by atoms with Crippen molar-refractivity contribution >= 4 is 16.6 Å². The van der Waals surface area contributed by atoms with E-state index in [9.17, 15) is 0 Å². The van der Waals surface area contributed by atoms with Gasteiger partial charge in [0.25, 0.3) is 0 Å². The molecular weight excluding hydrogens is 256 g/mol. The van der Waals surface area contributed by atoms with Crippen molar-refractivity contribution in [2.75, 3.05) is 11.9 Å². The third-order valence-electron chi connectivity index (χ3n) is 3.95. The maximum Gasteiger partial charge on any atom is 0.0703 e. The molecule has 0 bridgehead atoms. The number of aromatic nitrogens is 1. The zero-order chi connectivity index (χ0) is 14.8. The zero-order valence-electron chi connectivity index (χ0n) is 13.3. The number of para-hydroxylation sites is 1. The number of nitrogens with one attached hydrogen (secondary N) is 1. The predicted molar refractivity (Wildman–Crippen MR) is 92.8 cm³/mol. The molecule has 0 amide bonds. The molecule has 0 radical (unpaired) electrons. The quantitative estimate of drug-likeness (QED) is 0.559. The number of anilines is 1. The lowest BCUT2D eigenvalue weighted by Crippen LogP contribution is -2.01. The van der Waals surface area contributed by atoms with Crippen molar-refractivity contribution in [3.63, 3.8) is 0 Å². The van der Waals surface area contributed by atoms with E-state index in [0.29, 0.717) is 0 Å². The molecule has 1 aromatic carbocycles. The van der Waals surface area contributed by atoms with Gasteiger partial charge in [-0.15, -0.1) is 0 Å². The highest BCUT2D eigenvalue weighted by atomic mass is 14.9. The Bertz CT molecular complexity index is 522. The monoisotopic (exact) mass is 284 g/mol. The Morgan fingerprint density at radius 3 is 2.43 bits per heavy atom. The smallest absolute Gasteiger partial charge is 0.0703 e. The number of unbranched alkanes of at least 4 members (excludes halogenated alkanes) is 7. The highest BCUT2D eigenvalue weighted by Gasteiger charge is 1.97. The zero-order valence-corrected chi connectivity index (χ0v) is 13.3. The Hall–Kier alpha value is -1.57. The van der Waals surface area contributed by atoms with Gasteiger partial charge in [0.1, 0.15) is 0 Å². The van der Waals surface area contributed by atoms with Crippen molar-refractivity contribution in [3.05, 3.63) is 36.5 Å². The topological polar surface area (TPSA) is 24.9 Å². The molecule has 1 aromatic heterocycles. The van der Waals surface area contributed by atoms with Gasteiger partial charge in [-0.25, -0.2) is 0 Å². The fourth-order valence-electron chi connectivity index (χ4n) is 2.66. The lowest BCUT2D eigenvalue weighted by molar-refractivity contribution is 0.581. The average Bonchev–Trinajstić information content (AvgIpc) is 2.53. The number of hydrogen-bond acceptors (Lipinski definition) is 2. The molecule has 1 heterocycles. The predicted octanol–water partition coefficient (Wildman–Crippen LogP) is 5.79. The van der Waals surface area contributed by atoms with E-state index in [-0.39, 0.29) is 0 Å². The molecule has 2 rings (SSSR count). The third-order valence-corrected chi connectivity index (χ3v) is 3.95. The van der Waals surface area contributed by atoms with Crippen LogP contribution in [0.3, 0.4) is 0 Å². The van der Waals surface area contributed by atoms with E-state index in [1.807, 2.05) is 12.3 Å². The van der Waals surface area contributed by atoms with Gasteiger partial charge in [0.15, 0.2) is 0 Å². The van der Waals surface area contributed by atoms with E-state index in [1.165, 1.54) is 56.8 Å². The summed E-state index contributed by atoms with van der Waals surface area (Å²) in [7, 11) is 0. The second-order valence-electron chi connectivity index (χ2n) is 5.82. The Morgan fingerprint density at radius 1 is 0.905 bits per heavy atom. The van der Waals surface area contributed by atoms with Crippen molar-refractivity contribution in [3.8, 4) is 0 Å². The van der Waals surface area contributed by atoms with Gasteiger partial charge >= 0.3 is 0 Å². The minimum atomic E-state index is 1.05. The van der Waals surface area contributed by atoms with E-state index in [0.717, 1.165) is 17.7 Å². The van der Waals surface area contributed by atoms with Gasteiger partial charge in [-0.2, -0.15) is 0 Å². The summed E-state index contributed by atoms with van der Waals surface area (Å²) in [6.45, 7) is 3.32. The first-order valence-electron chi connectivity index (χ1n) is 8.49. The molecule has 114 valence electrons. The van der Waals surface area contributed by atoms with E-state index in [1.54, 1.807) is 0 Å². The molecule has 0 aliphatic carbocycles. The fourth-order valence-corrected chi connectivity index (χ4v) is 2.66. The molecule has 0 atom stereocenters. The maximum absolute atomic E-state index is 4.48. The maximum atomic E-state index is 4.48. The van der Waals surface area contributed by atoms with Crippen LogP contribution in [0.15, 0.2) is 36.5 Å². The van der Waals surface area contributed by atoms with Crippen LogP contribution in [-0.4, -0.2) is 11.5 Å². The number of fused-ring (bicyclic) bond motifs is 1. The molecule has 0 spiro atoms. The summed E-state index contributed by atoms with van der Waals surface area (Å²) in [6.07, 6.45) is 12.9. The molecule has 2 nitrogen and oxygen atoms in total. The molecule has 0 saturated heterocycles. The Kier molecular flexibility index (Phi) is 7.06. The van der Waals surface area contributed by atoms with Crippen molar-refractivity contribution in [2.24, 2.45) is 0 Å². The second kappa shape index (κ2) is 9.38. The van der Waals surface area contributed by atoms with Gasteiger partial charge in [-0.3, -0.25) is 4.98 Å². The molecule has 0 aliphatic heterocycles. The van der Waals surface area contributed by atoms with E-state index < -0.39 is 0 Å². The summed E-state index contributed by atoms with van der Waals surface area (Å²) in [5.74, 6) is 0. The fraction of sp³-hybridized carbons (Fsp3) is 0.526. The lowest BCUT2D eigenvalue weighted by Gasteiger charge is -2.07. The molecule has 2 aromatic rings. The number of hydrogen-bond donors (Lipinski definition) is 1. The molecular formula is C19H28N2. The first-order chi connectivity index (χ1) is 10.4. The summed E-state index contributed by atoms with van der Waals surface area (Å²) in [6, 6.07) is 10.4. The summed E-state index contributed by atoms with van der Waals surface area (Å²) in [4.78, 5) is 4.48. The summed E-state index contributed by atoms with van der Waals surface area (Å²) in [5, 5.41) is 4.69. The van der Waals surface area contributed by atoms with Crippen molar-refractivity contribution in [1.82, 2.24) is 4.98 Å². The number of pyridine rings is 1. The van der Waals surface area contributed by atoms with Gasteiger partial charge in [0.2, 0.25) is 0 Å². The van der Waals surface area contributed by atoms with Gasteiger partial charge < -0.3 is 5.32 Å². The largest absolute Gasteiger partial charge is 0.384 e. The summed E-state index contributed by atoms with van der Waals surface area (Å²) >= 11 is 0. The van der Waals surface area contributed by atoms with Crippen molar-refractivity contribution < 1.29 is 0 Å². The number of nitrogens with zero attached hydrogens (tertiary/aromatic N) is 1. The standard InChI is InChI=1S/C19H28N2/c1-2-3-4-5-6-7-8-11-14-20-18-15-17-12-9-10-13-19(17)21-16-18/h9-10,12-13,15-16,20H,2-8,11,14H2,1H3. The van der Waals surface area contributed by atoms with Gasteiger partial charge in [-0.05, 0) is 18.6 Å². The van der Waals surface area contributed by atoms with Crippen molar-refractivity contribution in [2.45, 2.75) is 58.3 Å². The minimum Gasteiger partial charge on any atom is -0.384 e. The number of rotatable bonds is 10. The van der Waals surface area contributed by atoms with Crippen LogP contribution in [0, 0.1) is 0 Å². The SMILES string of the molecule is CCCCCCCCCCNc1cnc2ccccc2c1. The summed E-state index contributed by atoms with van der Waals surface area (Å²) < 4.78 is 0. The Labute approximate surface area is 129 Å². The summed E-state index contributed by atoms with van der Waals surface area (Å²) in [5.41, 5.74) is 2.20. The van der Waals surface area contributed by atoms with Crippen LogP contribution >= 0.6 is 0 Å². The van der Waals surface area contributed by atoms with Crippen LogP contribution in [0.1, 0.15) is 58.3 Å². The lowest BCUT2D eigenvalue weighted by atomic mass is 10.1. The van der Waals surface area contributed by atoms with Gasteiger partial charge in [0.05, 0.1) is 17.4 Å². The van der Waals surface area contributed by atoms with Crippen LogP contribution in [0.4, 0.5) is 5.69 Å². The number of benzene rings is 1. The Balaban J connectivity index is 1.59. The first kappa shape index (κ1) is 15.8. The van der Waals surface area contributed by atoms with E-state index >= 15 is 0 Å².